The summed E-state index contributed by atoms with van der Waals surface area (Å²) < 4.78 is 5.29. The van der Waals surface area contributed by atoms with Gasteiger partial charge in [-0.1, -0.05) is 19.0 Å². The smallest absolute Gasteiger partial charge is 0.223 e. The van der Waals surface area contributed by atoms with Crippen molar-refractivity contribution < 1.29 is 9.32 Å². The third-order valence-electron chi connectivity index (χ3n) is 3.13. The van der Waals surface area contributed by atoms with Crippen molar-refractivity contribution >= 4 is 5.91 Å². The van der Waals surface area contributed by atoms with E-state index in [1.165, 1.54) is 0 Å². The van der Waals surface area contributed by atoms with Gasteiger partial charge in [0.1, 0.15) is 0 Å². The molecule has 4 nitrogen and oxygen atoms in total. The second-order valence-corrected chi connectivity index (χ2v) is 5.21. The van der Waals surface area contributed by atoms with E-state index in [0.29, 0.717) is 12.3 Å². The molecule has 1 aromatic heterocycles. The van der Waals surface area contributed by atoms with Crippen LogP contribution in [0.15, 0.2) is 10.6 Å². The highest BCUT2D eigenvalue weighted by Gasteiger charge is 2.32. The first kappa shape index (κ1) is 12.1. The van der Waals surface area contributed by atoms with E-state index in [2.05, 4.69) is 19.0 Å². The van der Waals surface area contributed by atoms with Gasteiger partial charge in [-0.05, 0) is 25.7 Å². The number of aromatic nitrogens is 1. The maximum atomic E-state index is 12.1. The first-order chi connectivity index (χ1) is 8.08. The predicted octanol–water partition coefficient (Wildman–Crippen LogP) is 2.69. The average molecular weight is 236 g/mol. The first-order valence-electron chi connectivity index (χ1n) is 6.30. The zero-order valence-corrected chi connectivity index (χ0v) is 10.8. The second-order valence-electron chi connectivity index (χ2n) is 5.21. The van der Waals surface area contributed by atoms with E-state index in [4.69, 9.17) is 4.52 Å². The molecule has 1 unspecified atom stereocenters. The summed E-state index contributed by atoms with van der Waals surface area (Å²) >= 11 is 0. The zero-order chi connectivity index (χ0) is 12.4. The van der Waals surface area contributed by atoms with Crippen LogP contribution in [0.1, 0.15) is 50.6 Å². The van der Waals surface area contributed by atoms with Gasteiger partial charge >= 0.3 is 0 Å². The minimum absolute atomic E-state index is 0.0995. The Kier molecular flexibility index (Phi) is 3.50. The fourth-order valence-corrected chi connectivity index (χ4v) is 2.37. The molecule has 0 spiro atoms. The van der Waals surface area contributed by atoms with Crippen LogP contribution in [0.5, 0.6) is 0 Å². The quantitative estimate of drug-likeness (QED) is 0.810. The molecule has 0 saturated carbocycles. The van der Waals surface area contributed by atoms with Crippen LogP contribution in [-0.2, 0) is 4.79 Å². The number of hydrogen-bond donors (Lipinski definition) is 0. The summed E-state index contributed by atoms with van der Waals surface area (Å²) in [6.07, 6.45) is 2.65. The SMILES string of the molecule is Cc1cc(C2CCCN2C(=O)CC(C)C)on1. The number of likely N-dealkylation sites (tertiary alicyclic amines) is 1. The van der Waals surface area contributed by atoms with Crippen LogP contribution in [-0.4, -0.2) is 22.5 Å². The highest BCUT2D eigenvalue weighted by Crippen LogP contribution is 2.33. The lowest BCUT2D eigenvalue weighted by Crippen LogP contribution is -2.31. The van der Waals surface area contributed by atoms with E-state index in [1.54, 1.807) is 0 Å². The van der Waals surface area contributed by atoms with Gasteiger partial charge in [-0.3, -0.25) is 4.79 Å². The third-order valence-corrected chi connectivity index (χ3v) is 3.13. The Morgan fingerprint density at radius 2 is 2.41 bits per heavy atom. The second kappa shape index (κ2) is 4.90. The van der Waals surface area contributed by atoms with E-state index < -0.39 is 0 Å². The van der Waals surface area contributed by atoms with Crippen molar-refractivity contribution in [3.63, 3.8) is 0 Å². The maximum Gasteiger partial charge on any atom is 0.223 e. The molecule has 1 atom stereocenters. The highest BCUT2D eigenvalue weighted by atomic mass is 16.5. The first-order valence-corrected chi connectivity index (χ1v) is 6.30. The van der Waals surface area contributed by atoms with Gasteiger partial charge in [0.25, 0.3) is 0 Å². The summed E-state index contributed by atoms with van der Waals surface area (Å²) in [6, 6.07) is 2.04. The minimum Gasteiger partial charge on any atom is -0.359 e. The molecule has 17 heavy (non-hydrogen) atoms. The molecule has 0 N–H and O–H groups in total. The summed E-state index contributed by atoms with van der Waals surface area (Å²) in [4.78, 5) is 14.1. The summed E-state index contributed by atoms with van der Waals surface area (Å²) in [5, 5.41) is 3.90. The zero-order valence-electron chi connectivity index (χ0n) is 10.8. The van der Waals surface area contributed by atoms with E-state index in [-0.39, 0.29) is 11.9 Å². The lowest BCUT2D eigenvalue weighted by molar-refractivity contribution is -0.133. The van der Waals surface area contributed by atoms with Gasteiger partial charge < -0.3 is 9.42 Å². The Labute approximate surface area is 102 Å². The number of carbonyl (C=O) groups excluding carboxylic acids is 1. The van der Waals surface area contributed by atoms with E-state index in [1.807, 2.05) is 17.9 Å². The summed E-state index contributed by atoms with van der Waals surface area (Å²) in [5.41, 5.74) is 0.878. The molecule has 0 aromatic carbocycles. The van der Waals surface area contributed by atoms with Gasteiger partial charge in [0, 0.05) is 19.0 Å². The van der Waals surface area contributed by atoms with Crippen LogP contribution >= 0.6 is 0 Å². The Hall–Kier alpha value is -1.32. The molecule has 2 heterocycles. The molecule has 1 aliphatic heterocycles. The van der Waals surface area contributed by atoms with Crippen molar-refractivity contribution in [3.8, 4) is 0 Å². The standard InChI is InChI=1S/C13H20N2O2/c1-9(2)7-13(16)15-6-4-5-11(15)12-8-10(3)14-17-12/h8-9,11H,4-7H2,1-3H3. The maximum absolute atomic E-state index is 12.1. The summed E-state index contributed by atoms with van der Waals surface area (Å²) in [5.74, 6) is 1.47. The van der Waals surface area contributed by atoms with Crippen LogP contribution in [0.2, 0.25) is 0 Å². The number of nitrogens with zero attached hydrogens (tertiary/aromatic N) is 2. The van der Waals surface area contributed by atoms with Crippen molar-refractivity contribution in [1.82, 2.24) is 10.1 Å². The predicted molar refractivity (Wildman–Crippen MR) is 64.4 cm³/mol. The number of aryl methyl sites for hydroxylation is 1. The van der Waals surface area contributed by atoms with Crippen LogP contribution in [0.25, 0.3) is 0 Å². The fourth-order valence-electron chi connectivity index (χ4n) is 2.37. The van der Waals surface area contributed by atoms with Gasteiger partial charge in [-0.15, -0.1) is 0 Å². The molecular formula is C13H20N2O2. The van der Waals surface area contributed by atoms with Crippen molar-refractivity contribution in [1.29, 1.82) is 0 Å². The Morgan fingerprint density at radius 3 is 3.00 bits per heavy atom. The molecule has 1 aromatic rings. The van der Waals surface area contributed by atoms with E-state index >= 15 is 0 Å². The van der Waals surface area contributed by atoms with Crippen molar-refractivity contribution in [2.45, 2.75) is 46.1 Å². The molecule has 1 amide bonds. The lowest BCUT2D eigenvalue weighted by Gasteiger charge is -2.23. The van der Waals surface area contributed by atoms with Gasteiger partial charge in [0.2, 0.25) is 5.91 Å². The monoisotopic (exact) mass is 236 g/mol. The van der Waals surface area contributed by atoms with E-state index in [9.17, 15) is 4.79 Å². The van der Waals surface area contributed by atoms with Crippen LogP contribution < -0.4 is 0 Å². The van der Waals surface area contributed by atoms with Crippen molar-refractivity contribution in [2.75, 3.05) is 6.54 Å². The van der Waals surface area contributed by atoms with Crippen molar-refractivity contribution in [2.24, 2.45) is 5.92 Å². The molecule has 4 heteroatoms. The molecular weight excluding hydrogens is 216 g/mol. The Morgan fingerprint density at radius 1 is 1.65 bits per heavy atom. The molecule has 0 radical (unpaired) electrons. The molecule has 94 valence electrons. The minimum atomic E-state index is 0.0995. The molecule has 1 saturated heterocycles. The number of hydrogen-bond acceptors (Lipinski definition) is 3. The van der Waals surface area contributed by atoms with Crippen LogP contribution in [0.4, 0.5) is 0 Å². The third kappa shape index (κ3) is 2.68. The topological polar surface area (TPSA) is 46.3 Å². The van der Waals surface area contributed by atoms with Crippen LogP contribution in [0.3, 0.4) is 0 Å². The van der Waals surface area contributed by atoms with E-state index in [0.717, 1.165) is 30.8 Å². The van der Waals surface area contributed by atoms with Gasteiger partial charge in [-0.25, -0.2) is 0 Å². The van der Waals surface area contributed by atoms with Gasteiger partial charge in [0.05, 0.1) is 11.7 Å². The summed E-state index contributed by atoms with van der Waals surface area (Å²) in [7, 11) is 0. The summed E-state index contributed by atoms with van der Waals surface area (Å²) in [6.45, 7) is 6.89. The average Bonchev–Trinajstić information content (AvgIpc) is 2.83. The lowest BCUT2D eigenvalue weighted by atomic mass is 10.1. The number of carbonyl (C=O) groups is 1. The Balaban J connectivity index is 2.09. The van der Waals surface area contributed by atoms with Crippen molar-refractivity contribution in [3.05, 3.63) is 17.5 Å². The van der Waals surface area contributed by atoms with Gasteiger partial charge in [-0.2, -0.15) is 0 Å². The molecule has 0 aliphatic carbocycles. The van der Waals surface area contributed by atoms with Crippen LogP contribution in [0, 0.1) is 12.8 Å². The molecule has 1 aliphatic rings. The normalized spacial score (nSPS) is 20.2. The number of rotatable bonds is 3. The van der Waals surface area contributed by atoms with Gasteiger partial charge in [0.15, 0.2) is 5.76 Å². The largest absolute Gasteiger partial charge is 0.359 e. The highest BCUT2D eigenvalue weighted by molar-refractivity contribution is 5.77. The molecule has 0 bridgehead atoms. The number of amides is 1. The Bertz CT molecular complexity index is 398. The molecule has 2 rings (SSSR count). The molecule has 1 fully saturated rings. The fraction of sp³-hybridized carbons (Fsp3) is 0.692.